The van der Waals surface area contributed by atoms with E-state index in [1.165, 1.54) is 6.42 Å². The highest BCUT2D eigenvalue weighted by Crippen LogP contribution is 2.01. The maximum Gasteiger partial charge on any atom is 0.0146 e. The van der Waals surface area contributed by atoms with Gasteiger partial charge in [0.2, 0.25) is 0 Å². The molecule has 0 atom stereocenters. The maximum absolute atomic E-state index is 3.17. The second kappa shape index (κ2) is 5.35. The van der Waals surface area contributed by atoms with Crippen LogP contribution in [0.4, 0.5) is 0 Å². The van der Waals surface area contributed by atoms with E-state index < -0.39 is 0 Å². The molecule has 0 saturated heterocycles. The lowest BCUT2D eigenvalue weighted by molar-refractivity contribution is 0.599. The second-order valence-corrected chi connectivity index (χ2v) is 3.41. The predicted octanol–water partition coefficient (Wildman–Crippen LogP) is 3.08. The third-order valence-electron chi connectivity index (χ3n) is 1.24. The molecule has 0 unspecified atom stereocenters. The molecule has 0 aromatic carbocycles. The fraction of sp³-hybridized carbons (Fsp3) is 0.800. The monoisotopic (exact) mass is 138 g/mol. The van der Waals surface area contributed by atoms with Gasteiger partial charge in [0.05, 0.1) is 0 Å². The molecule has 0 saturated carbocycles. The topological polar surface area (TPSA) is 0 Å². The summed E-state index contributed by atoms with van der Waals surface area (Å²) >= 11 is 0. The normalized spacial score (nSPS) is 9.80. The highest BCUT2D eigenvalue weighted by atomic mass is 13.9. The Morgan fingerprint density at radius 3 is 2.10 bits per heavy atom. The summed E-state index contributed by atoms with van der Waals surface area (Å²) in [5.41, 5.74) is 0. The molecule has 0 heteroatoms. The van der Waals surface area contributed by atoms with Gasteiger partial charge in [0.1, 0.15) is 0 Å². The van der Waals surface area contributed by atoms with Gasteiger partial charge < -0.3 is 0 Å². The van der Waals surface area contributed by atoms with Gasteiger partial charge in [-0.1, -0.05) is 27.7 Å². The van der Waals surface area contributed by atoms with Crippen molar-refractivity contribution < 1.29 is 0 Å². The highest BCUT2D eigenvalue weighted by molar-refractivity contribution is 5.00. The van der Waals surface area contributed by atoms with Gasteiger partial charge in [0, 0.05) is 12.3 Å². The van der Waals surface area contributed by atoms with Crippen LogP contribution in [0, 0.1) is 23.7 Å². The van der Waals surface area contributed by atoms with E-state index in [1.54, 1.807) is 0 Å². The van der Waals surface area contributed by atoms with E-state index in [2.05, 4.69) is 39.5 Å². The minimum Gasteiger partial charge on any atom is -0.103 e. The molecule has 0 radical (unpaired) electrons. The van der Waals surface area contributed by atoms with Gasteiger partial charge in [-0.25, -0.2) is 0 Å². The van der Waals surface area contributed by atoms with E-state index >= 15 is 0 Å². The van der Waals surface area contributed by atoms with E-state index in [0.717, 1.165) is 12.3 Å². The van der Waals surface area contributed by atoms with Gasteiger partial charge in [-0.15, -0.1) is 11.8 Å². The summed E-state index contributed by atoms with van der Waals surface area (Å²) in [6.07, 6.45) is 2.30. The molecule has 58 valence electrons. The number of hydrogen-bond donors (Lipinski definition) is 0. The summed E-state index contributed by atoms with van der Waals surface area (Å²) < 4.78 is 0. The molecule has 0 nitrogen and oxygen atoms in total. The molecule has 0 amide bonds. The molecule has 0 aliphatic heterocycles. The first kappa shape index (κ1) is 9.56. The first-order chi connectivity index (χ1) is 4.63. The van der Waals surface area contributed by atoms with Gasteiger partial charge in [-0.2, -0.15) is 0 Å². The fourth-order valence-electron chi connectivity index (χ4n) is 0.637. The maximum atomic E-state index is 3.17. The molecule has 0 N–H and O–H groups in total. The lowest BCUT2D eigenvalue weighted by Crippen LogP contribution is -1.85. The van der Waals surface area contributed by atoms with Crippen molar-refractivity contribution in [1.29, 1.82) is 0 Å². The number of hydrogen-bond acceptors (Lipinski definition) is 0. The molecule has 0 spiro atoms. The van der Waals surface area contributed by atoms with Crippen LogP contribution in [0.15, 0.2) is 0 Å². The zero-order valence-corrected chi connectivity index (χ0v) is 7.57. The Morgan fingerprint density at radius 2 is 1.70 bits per heavy atom. The van der Waals surface area contributed by atoms with E-state index in [9.17, 15) is 0 Å². The minimum atomic E-state index is 0.534. The first-order valence-electron chi connectivity index (χ1n) is 4.11. The summed E-state index contributed by atoms with van der Waals surface area (Å²) in [5.74, 6) is 7.64. The third kappa shape index (κ3) is 7.56. The van der Waals surface area contributed by atoms with Crippen LogP contribution in [0.1, 0.15) is 40.5 Å². The van der Waals surface area contributed by atoms with Crippen LogP contribution >= 0.6 is 0 Å². The molecule has 0 aromatic heterocycles. The van der Waals surface area contributed by atoms with Crippen LogP contribution in [0.3, 0.4) is 0 Å². The fourth-order valence-corrected chi connectivity index (χ4v) is 0.637. The van der Waals surface area contributed by atoms with Crippen molar-refractivity contribution in [2.45, 2.75) is 40.5 Å². The van der Waals surface area contributed by atoms with Gasteiger partial charge >= 0.3 is 0 Å². The largest absolute Gasteiger partial charge is 0.103 e. The van der Waals surface area contributed by atoms with Gasteiger partial charge in [-0.3, -0.25) is 0 Å². The van der Waals surface area contributed by atoms with Crippen molar-refractivity contribution in [3.05, 3.63) is 0 Å². The van der Waals surface area contributed by atoms with E-state index in [1.807, 2.05) is 0 Å². The lowest BCUT2D eigenvalue weighted by Gasteiger charge is -1.97. The Kier molecular flexibility index (Phi) is 5.12. The van der Waals surface area contributed by atoms with Crippen LogP contribution in [0.2, 0.25) is 0 Å². The molecule has 0 aliphatic carbocycles. The van der Waals surface area contributed by atoms with Crippen LogP contribution in [-0.4, -0.2) is 0 Å². The average Bonchev–Trinajstić information content (AvgIpc) is 1.79. The minimum absolute atomic E-state index is 0.534. The smallest absolute Gasteiger partial charge is 0.0146 e. The highest BCUT2D eigenvalue weighted by Gasteiger charge is 1.89. The Bertz CT molecular complexity index is 121. The van der Waals surface area contributed by atoms with Gasteiger partial charge in [-0.05, 0) is 12.3 Å². The Hall–Kier alpha value is -0.440. The van der Waals surface area contributed by atoms with Crippen LogP contribution in [0.5, 0.6) is 0 Å². The van der Waals surface area contributed by atoms with Crippen LogP contribution in [0.25, 0.3) is 0 Å². The van der Waals surface area contributed by atoms with Crippen molar-refractivity contribution in [2.75, 3.05) is 0 Å². The standard InChI is InChI=1S/C10H18/c1-9(2)7-5-6-8-10(3)4/h9-10H,5,7H2,1-4H3. The quantitative estimate of drug-likeness (QED) is 0.514. The van der Waals surface area contributed by atoms with Crippen molar-refractivity contribution >= 4 is 0 Å². The number of rotatable bonds is 2. The molecular weight excluding hydrogens is 120 g/mol. The molecule has 0 aliphatic rings. The Morgan fingerprint density at radius 1 is 1.10 bits per heavy atom. The summed E-state index contributed by atoms with van der Waals surface area (Å²) in [6.45, 7) is 8.72. The SMILES string of the molecule is CC(C)C#CCCC(C)C. The summed E-state index contributed by atoms with van der Waals surface area (Å²) in [6, 6.07) is 0. The Balaban J connectivity index is 3.29. The molecule has 10 heavy (non-hydrogen) atoms. The van der Waals surface area contributed by atoms with Crippen molar-refractivity contribution in [3.8, 4) is 11.8 Å². The first-order valence-corrected chi connectivity index (χ1v) is 4.11. The third-order valence-corrected chi connectivity index (χ3v) is 1.24. The lowest BCUT2D eigenvalue weighted by atomic mass is 10.1. The average molecular weight is 138 g/mol. The summed E-state index contributed by atoms with van der Waals surface area (Å²) in [5, 5.41) is 0. The van der Waals surface area contributed by atoms with Gasteiger partial charge in [0.25, 0.3) is 0 Å². The molecular formula is C10H18. The van der Waals surface area contributed by atoms with Crippen molar-refractivity contribution in [2.24, 2.45) is 11.8 Å². The summed E-state index contributed by atoms with van der Waals surface area (Å²) in [7, 11) is 0. The molecule has 0 heterocycles. The molecule has 0 aromatic rings. The van der Waals surface area contributed by atoms with Crippen LogP contribution < -0.4 is 0 Å². The Labute approximate surface area is 65.0 Å². The van der Waals surface area contributed by atoms with E-state index in [-0.39, 0.29) is 0 Å². The van der Waals surface area contributed by atoms with E-state index in [0.29, 0.717) is 5.92 Å². The molecule has 0 rings (SSSR count). The molecule has 0 bridgehead atoms. The van der Waals surface area contributed by atoms with Crippen molar-refractivity contribution in [1.82, 2.24) is 0 Å². The zero-order chi connectivity index (χ0) is 7.98. The van der Waals surface area contributed by atoms with Gasteiger partial charge in [0.15, 0.2) is 0 Å². The zero-order valence-electron chi connectivity index (χ0n) is 7.57. The predicted molar refractivity (Wildman–Crippen MR) is 46.7 cm³/mol. The van der Waals surface area contributed by atoms with Crippen molar-refractivity contribution in [3.63, 3.8) is 0 Å². The summed E-state index contributed by atoms with van der Waals surface area (Å²) in [4.78, 5) is 0. The second-order valence-electron chi connectivity index (χ2n) is 3.41. The van der Waals surface area contributed by atoms with Crippen LogP contribution in [-0.2, 0) is 0 Å². The van der Waals surface area contributed by atoms with E-state index in [4.69, 9.17) is 0 Å². The molecule has 0 fully saturated rings.